The number of carbonyl (C=O) groups excluding carboxylic acids is 1. The molecule has 4 aromatic rings. The number of methoxy groups -OCH3 is 2. The van der Waals surface area contributed by atoms with Crippen molar-refractivity contribution < 1.29 is 27.4 Å². The quantitative estimate of drug-likeness (QED) is 0.177. The predicted octanol–water partition coefficient (Wildman–Crippen LogP) is 5.28. The van der Waals surface area contributed by atoms with Gasteiger partial charge < -0.3 is 14.2 Å². The van der Waals surface area contributed by atoms with E-state index in [1.807, 2.05) is 30.3 Å². The summed E-state index contributed by atoms with van der Waals surface area (Å²) in [7, 11) is -1.24. The molecule has 0 bridgehead atoms. The van der Waals surface area contributed by atoms with Crippen molar-refractivity contribution >= 4 is 39.4 Å². The van der Waals surface area contributed by atoms with Crippen LogP contribution in [0.2, 0.25) is 5.02 Å². The summed E-state index contributed by atoms with van der Waals surface area (Å²) in [5.41, 5.74) is 4.13. The molecule has 212 valence electrons. The van der Waals surface area contributed by atoms with Gasteiger partial charge in [-0.15, -0.1) is 0 Å². The number of rotatable bonds is 12. The minimum Gasteiger partial charge on any atom is -0.495 e. The molecule has 4 aromatic carbocycles. The molecule has 0 atom stereocenters. The van der Waals surface area contributed by atoms with Gasteiger partial charge in [-0.1, -0.05) is 60.1 Å². The summed E-state index contributed by atoms with van der Waals surface area (Å²) in [6.07, 6.45) is 1.41. The minimum atomic E-state index is -4.16. The number of anilines is 1. The Bertz CT molecular complexity index is 1620. The fourth-order valence-corrected chi connectivity index (χ4v) is 5.45. The average molecular weight is 594 g/mol. The maximum atomic E-state index is 13.6. The predicted molar refractivity (Wildman–Crippen MR) is 158 cm³/mol. The second-order valence-electron chi connectivity index (χ2n) is 8.62. The molecule has 0 aliphatic rings. The highest BCUT2D eigenvalue weighted by molar-refractivity contribution is 7.92. The SMILES string of the molecule is COc1cc(/C=N\NC(=O)CN(c2cc(Cl)ccc2OC)S(=O)(=O)c2ccccc2)ccc1OCc1ccccc1. The Labute approximate surface area is 244 Å². The first-order chi connectivity index (χ1) is 19.8. The normalized spacial score (nSPS) is 11.2. The van der Waals surface area contributed by atoms with Crippen molar-refractivity contribution in [2.24, 2.45) is 5.10 Å². The highest BCUT2D eigenvalue weighted by atomic mass is 35.5. The van der Waals surface area contributed by atoms with E-state index < -0.39 is 22.5 Å². The zero-order valence-electron chi connectivity index (χ0n) is 22.4. The zero-order valence-corrected chi connectivity index (χ0v) is 23.9. The van der Waals surface area contributed by atoms with E-state index in [1.54, 1.807) is 42.5 Å². The molecule has 1 amide bonds. The van der Waals surface area contributed by atoms with E-state index in [9.17, 15) is 13.2 Å². The standard InChI is InChI=1S/C30H28ClN3O6S/c1-38-27-16-14-24(31)18-26(27)34(41(36,37)25-11-7-4-8-12-25)20-30(35)33-32-19-23-13-15-28(29(17-23)39-2)40-21-22-9-5-3-6-10-22/h3-19H,20-21H2,1-2H3,(H,33,35)/b32-19-. The van der Waals surface area contributed by atoms with Gasteiger partial charge in [0, 0.05) is 5.02 Å². The smallest absolute Gasteiger partial charge is 0.264 e. The highest BCUT2D eigenvalue weighted by Gasteiger charge is 2.29. The molecule has 0 aliphatic carbocycles. The number of halogens is 1. The Morgan fingerprint density at radius 3 is 2.22 bits per heavy atom. The van der Waals surface area contributed by atoms with Crippen LogP contribution in [0.15, 0.2) is 107 Å². The first-order valence-electron chi connectivity index (χ1n) is 12.4. The van der Waals surface area contributed by atoms with Crippen molar-refractivity contribution in [3.8, 4) is 17.2 Å². The van der Waals surface area contributed by atoms with Crippen LogP contribution in [0.4, 0.5) is 5.69 Å². The molecule has 0 aliphatic heterocycles. The molecule has 0 saturated carbocycles. The largest absolute Gasteiger partial charge is 0.495 e. The van der Waals surface area contributed by atoms with E-state index in [2.05, 4.69) is 10.5 Å². The fourth-order valence-electron chi connectivity index (χ4n) is 3.84. The van der Waals surface area contributed by atoms with Gasteiger partial charge in [0.1, 0.15) is 18.9 Å². The molecule has 0 fully saturated rings. The second-order valence-corrected chi connectivity index (χ2v) is 10.9. The third-order valence-corrected chi connectivity index (χ3v) is 7.86. The number of amides is 1. The number of nitrogens with zero attached hydrogens (tertiary/aromatic N) is 2. The number of hydrazone groups is 1. The van der Waals surface area contributed by atoms with Crippen LogP contribution in [0, 0.1) is 0 Å². The van der Waals surface area contributed by atoms with Gasteiger partial charge in [-0.25, -0.2) is 13.8 Å². The van der Waals surface area contributed by atoms with E-state index in [4.69, 9.17) is 25.8 Å². The van der Waals surface area contributed by atoms with E-state index in [0.29, 0.717) is 23.7 Å². The van der Waals surface area contributed by atoms with Crippen LogP contribution in [0.1, 0.15) is 11.1 Å². The minimum absolute atomic E-state index is 0.00000198. The lowest BCUT2D eigenvalue weighted by Gasteiger charge is -2.25. The summed E-state index contributed by atoms with van der Waals surface area (Å²) in [5.74, 6) is 0.587. The summed E-state index contributed by atoms with van der Waals surface area (Å²) >= 11 is 6.17. The molecule has 0 unspecified atom stereocenters. The van der Waals surface area contributed by atoms with Crippen LogP contribution in [-0.4, -0.2) is 41.3 Å². The molecule has 4 rings (SSSR count). The van der Waals surface area contributed by atoms with Crippen molar-refractivity contribution in [3.05, 3.63) is 113 Å². The third kappa shape index (κ3) is 7.56. The van der Waals surface area contributed by atoms with Gasteiger partial charge in [-0.3, -0.25) is 9.10 Å². The lowest BCUT2D eigenvalue weighted by atomic mass is 10.2. The maximum Gasteiger partial charge on any atom is 0.264 e. The summed E-state index contributed by atoms with van der Waals surface area (Å²) in [6, 6.07) is 27.2. The van der Waals surface area contributed by atoms with Gasteiger partial charge in [0.15, 0.2) is 11.5 Å². The van der Waals surface area contributed by atoms with Crippen molar-refractivity contribution in [3.63, 3.8) is 0 Å². The number of carbonyl (C=O) groups is 1. The number of nitrogens with one attached hydrogen (secondary N) is 1. The maximum absolute atomic E-state index is 13.6. The van der Waals surface area contributed by atoms with E-state index in [0.717, 1.165) is 9.87 Å². The molecular weight excluding hydrogens is 566 g/mol. The number of sulfonamides is 1. The van der Waals surface area contributed by atoms with Gasteiger partial charge >= 0.3 is 0 Å². The van der Waals surface area contributed by atoms with E-state index >= 15 is 0 Å². The summed E-state index contributed by atoms with van der Waals surface area (Å²) < 4.78 is 44.8. The number of ether oxygens (including phenoxy) is 3. The molecule has 9 nitrogen and oxygen atoms in total. The first-order valence-corrected chi connectivity index (χ1v) is 14.2. The van der Waals surface area contributed by atoms with Gasteiger partial charge in [-0.2, -0.15) is 5.10 Å². The molecule has 0 aromatic heterocycles. The van der Waals surface area contributed by atoms with Crippen molar-refractivity contribution in [2.45, 2.75) is 11.5 Å². The molecule has 0 spiro atoms. The Kier molecular flexibility index (Phi) is 9.83. The van der Waals surface area contributed by atoms with E-state index in [-0.39, 0.29) is 21.4 Å². The lowest BCUT2D eigenvalue weighted by molar-refractivity contribution is -0.119. The van der Waals surface area contributed by atoms with Crippen LogP contribution in [0.25, 0.3) is 0 Å². The zero-order chi connectivity index (χ0) is 29.2. The molecule has 11 heteroatoms. The monoisotopic (exact) mass is 593 g/mol. The van der Waals surface area contributed by atoms with Gasteiger partial charge in [-0.05, 0) is 59.7 Å². The highest BCUT2D eigenvalue weighted by Crippen LogP contribution is 2.34. The van der Waals surface area contributed by atoms with Gasteiger partial charge in [0.05, 0.1) is 31.0 Å². The third-order valence-electron chi connectivity index (χ3n) is 5.86. The first kappa shape index (κ1) is 29.4. The number of hydrogen-bond acceptors (Lipinski definition) is 7. The Balaban J connectivity index is 1.50. The number of hydrogen-bond donors (Lipinski definition) is 1. The van der Waals surface area contributed by atoms with Gasteiger partial charge in [0.25, 0.3) is 15.9 Å². The second kappa shape index (κ2) is 13.7. The summed E-state index contributed by atoms with van der Waals surface area (Å²) in [5, 5.41) is 4.28. The average Bonchev–Trinajstić information content (AvgIpc) is 3.00. The molecule has 1 N–H and O–H groups in total. The molecule has 0 heterocycles. The topological polar surface area (TPSA) is 107 Å². The fraction of sp³-hybridized carbons (Fsp3) is 0.133. The summed E-state index contributed by atoms with van der Waals surface area (Å²) in [6.45, 7) is -0.207. The van der Waals surface area contributed by atoms with Crippen LogP contribution in [0.5, 0.6) is 17.2 Å². The molecule has 41 heavy (non-hydrogen) atoms. The summed E-state index contributed by atoms with van der Waals surface area (Å²) in [4.78, 5) is 12.9. The van der Waals surface area contributed by atoms with Crippen molar-refractivity contribution in [2.75, 3.05) is 25.1 Å². The number of benzene rings is 4. The molecule has 0 saturated heterocycles. The molecular formula is C30H28ClN3O6S. The molecule has 0 radical (unpaired) electrons. The Morgan fingerprint density at radius 1 is 0.878 bits per heavy atom. The lowest BCUT2D eigenvalue weighted by Crippen LogP contribution is -2.39. The Morgan fingerprint density at radius 2 is 1.54 bits per heavy atom. The van der Waals surface area contributed by atoms with Crippen LogP contribution in [0.3, 0.4) is 0 Å². The van der Waals surface area contributed by atoms with Crippen LogP contribution in [-0.2, 0) is 21.4 Å². The van der Waals surface area contributed by atoms with Crippen molar-refractivity contribution in [1.29, 1.82) is 0 Å². The van der Waals surface area contributed by atoms with Crippen LogP contribution < -0.4 is 23.9 Å². The van der Waals surface area contributed by atoms with Crippen molar-refractivity contribution in [1.82, 2.24) is 5.43 Å². The Hall–Kier alpha value is -4.54. The van der Waals surface area contributed by atoms with Gasteiger partial charge in [0.2, 0.25) is 0 Å². The van der Waals surface area contributed by atoms with Crippen LogP contribution >= 0.6 is 11.6 Å². The van der Waals surface area contributed by atoms with E-state index in [1.165, 1.54) is 44.7 Å².